The van der Waals surface area contributed by atoms with Gasteiger partial charge in [0, 0.05) is 20.1 Å². The third-order valence-electron chi connectivity index (χ3n) is 6.26. The highest BCUT2D eigenvalue weighted by Gasteiger charge is 2.36. The van der Waals surface area contributed by atoms with Crippen molar-refractivity contribution in [2.24, 2.45) is 5.92 Å². The maximum atomic E-state index is 12.7. The molecule has 0 spiro atoms. The molecule has 0 heterocycles. The lowest BCUT2D eigenvalue weighted by Crippen LogP contribution is -2.41. The summed E-state index contributed by atoms with van der Waals surface area (Å²) in [7, 11) is 3.45. The van der Waals surface area contributed by atoms with E-state index in [9.17, 15) is 13.2 Å². The van der Waals surface area contributed by atoms with E-state index in [0.717, 1.165) is 44.1 Å². The van der Waals surface area contributed by atoms with Crippen LogP contribution >= 0.6 is 0 Å². The first-order valence-electron chi connectivity index (χ1n) is 11.6. The van der Waals surface area contributed by atoms with E-state index < -0.39 is 17.5 Å². The van der Waals surface area contributed by atoms with Crippen LogP contribution in [-0.2, 0) is 22.1 Å². The van der Waals surface area contributed by atoms with Crippen LogP contribution in [0.3, 0.4) is 0 Å². The molecule has 1 rings (SSSR count). The van der Waals surface area contributed by atoms with Crippen molar-refractivity contribution in [2.45, 2.75) is 103 Å². The van der Waals surface area contributed by atoms with Gasteiger partial charge in [-0.2, -0.15) is 13.2 Å². The lowest BCUT2D eigenvalue weighted by atomic mass is 9.85. The second-order valence-electron chi connectivity index (χ2n) is 8.27. The summed E-state index contributed by atoms with van der Waals surface area (Å²) >= 11 is 0. The highest BCUT2D eigenvalue weighted by Crippen LogP contribution is 2.35. The fraction of sp³-hybridized carbons (Fsp3) is 0.760. The van der Waals surface area contributed by atoms with Gasteiger partial charge in [0.2, 0.25) is 0 Å². The summed E-state index contributed by atoms with van der Waals surface area (Å²) in [5, 5.41) is 0. The minimum absolute atomic E-state index is 0.330. The van der Waals surface area contributed by atoms with Crippen LogP contribution in [0.5, 0.6) is 0 Å². The van der Waals surface area contributed by atoms with Crippen LogP contribution in [0.2, 0.25) is 0 Å². The summed E-state index contributed by atoms with van der Waals surface area (Å²) in [5.74, 6) is -0.214. The third-order valence-corrected chi connectivity index (χ3v) is 6.26. The lowest BCUT2D eigenvalue weighted by Gasteiger charge is -2.38. The van der Waals surface area contributed by atoms with Crippen LogP contribution in [0.25, 0.3) is 0 Å². The summed E-state index contributed by atoms with van der Waals surface area (Å²) in [6.45, 7) is 4.33. The molecule has 5 heteroatoms. The Morgan fingerprint density at radius 2 is 1.30 bits per heavy atom. The maximum absolute atomic E-state index is 12.7. The summed E-state index contributed by atoms with van der Waals surface area (Å²) < 4.78 is 49.7. The number of methoxy groups -OCH3 is 2. The van der Waals surface area contributed by atoms with E-state index in [1.165, 1.54) is 50.7 Å². The second kappa shape index (κ2) is 14.1. The van der Waals surface area contributed by atoms with E-state index in [1.54, 1.807) is 26.4 Å². The molecule has 1 aromatic rings. The molecule has 0 aliphatic carbocycles. The van der Waals surface area contributed by atoms with Crippen molar-refractivity contribution in [3.63, 3.8) is 0 Å². The second-order valence-corrected chi connectivity index (χ2v) is 8.27. The van der Waals surface area contributed by atoms with Crippen molar-refractivity contribution in [1.29, 1.82) is 0 Å². The van der Waals surface area contributed by atoms with E-state index in [-0.39, 0.29) is 0 Å². The number of aryl methyl sites for hydroxylation is 1. The van der Waals surface area contributed by atoms with Crippen molar-refractivity contribution < 1.29 is 22.6 Å². The Hall–Kier alpha value is -1.07. The Morgan fingerprint density at radius 3 is 1.80 bits per heavy atom. The standard InChI is InChI=1S/C25H41F3O2/c1-5-7-8-9-10-11-15-22(24(6-2,29-3)30-4)16-13-12-14-21-17-19-23(20-18-21)25(26,27)28/h17-20,22H,5-16H2,1-4H3. The van der Waals surface area contributed by atoms with Crippen molar-refractivity contribution in [2.75, 3.05) is 14.2 Å². The first-order chi connectivity index (χ1) is 14.3. The highest BCUT2D eigenvalue weighted by atomic mass is 19.4. The van der Waals surface area contributed by atoms with Crippen LogP contribution in [0.1, 0.15) is 95.6 Å². The Balaban J connectivity index is 2.53. The zero-order valence-corrected chi connectivity index (χ0v) is 19.3. The van der Waals surface area contributed by atoms with Gasteiger partial charge in [-0.15, -0.1) is 0 Å². The molecule has 0 N–H and O–H groups in total. The van der Waals surface area contributed by atoms with Gasteiger partial charge in [-0.3, -0.25) is 0 Å². The van der Waals surface area contributed by atoms with Crippen molar-refractivity contribution in [3.05, 3.63) is 35.4 Å². The van der Waals surface area contributed by atoms with Crippen molar-refractivity contribution in [3.8, 4) is 0 Å². The quantitative estimate of drug-likeness (QED) is 0.194. The molecule has 0 saturated carbocycles. The first-order valence-corrected chi connectivity index (χ1v) is 11.6. The fourth-order valence-corrected chi connectivity index (χ4v) is 4.33. The molecule has 1 aromatic carbocycles. The smallest absolute Gasteiger partial charge is 0.353 e. The average molecular weight is 431 g/mol. The Kier molecular flexibility index (Phi) is 12.7. The molecule has 1 atom stereocenters. The zero-order chi connectivity index (χ0) is 22.5. The van der Waals surface area contributed by atoms with Crippen LogP contribution in [0.4, 0.5) is 13.2 Å². The van der Waals surface area contributed by atoms with Gasteiger partial charge in [-0.05, 0) is 49.8 Å². The van der Waals surface area contributed by atoms with Crippen molar-refractivity contribution in [1.82, 2.24) is 0 Å². The van der Waals surface area contributed by atoms with E-state index in [4.69, 9.17) is 9.47 Å². The third kappa shape index (κ3) is 8.97. The average Bonchev–Trinajstić information content (AvgIpc) is 2.74. The van der Waals surface area contributed by atoms with Gasteiger partial charge >= 0.3 is 6.18 Å². The molecule has 0 radical (unpaired) electrons. The van der Waals surface area contributed by atoms with Gasteiger partial charge in [0.1, 0.15) is 0 Å². The molecule has 0 aliphatic heterocycles. The number of rotatable bonds is 16. The number of benzene rings is 1. The zero-order valence-electron chi connectivity index (χ0n) is 19.3. The van der Waals surface area contributed by atoms with Crippen LogP contribution in [0, 0.1) is 5.92 Å². The number of alkyl halides is 3. The molecule has 0 aliphatic rings. The van der Waals surface area contributed by atoms with E-state index >= 15 is 0 Å². The molecular formula is C25H41F3O2. The summed E-state index contributed by atoms with van der Waals surface area (Å²) in [6.07, 6.45) is 8.96. The van der Waals surface area contributed by atoms with Crippen LogP contribution in [0.15, 0.2) is 24.3 Å². The maximum Gasteiger partial charge on any atom is 0.416 e. The normalized spacial score (nSPS) is 13.6. The molecule has 174 valence electrons. The van der Waals surface area contributed by atoms with E-state index in [2.05, 4.69) is 13.8 Å². The lowest BCUT2D eigenvalue weighted by molar-refractivity contribution is -0.244. The molecule has 1 unspecified atom stereocenters. The highest BCUT2D eigenvalue weighted by molar-refractivity contribution is 5.24. The number of halogens is 3. The van der Waals surface area contributed by atoms with Crippen LogP contribution in [-0.4, -0.2) is 20.0 Å². The first kappa shape index (κ1) is 27.0. The largest absolute Gasteiger partial charge is 0.416 e. The summed E-state index contributed by atoms with van der Waals surface area (Å²) in [4.78, 5) is 0. The fourth-order valence-electron chi connectivity index (χ4n) is 4.33. The van der Waals surface area contributed by atoms with Gasteiger partial charge in [0.25, 0.3) is 0 Å². The minimum Gasteiger partial charge on any atom is -0.353 e. The summed E-state index contributed by atoms with van der Waals surface area (Å²) in [5.41, 5.74) is 0.369. The van der Waals surface area contributed by atoms with E-state index in [0.29, 0.717) is 5.92 Å². The van der Waals surface area contributed by atoms with Crippen molar-refractivity contribution >= 4 is 0 Å². The Morgan fingerprint density at radius 1 is 0.767 bits per heavy atom. The van der Waals surface area contributed by atoms with Gasteiger partial charge in [0.05, 0.1) is 5.56 Å². The topological polar surface area (TPSA) is 18.5 Å². The SMILES string of the molecule is CCCCCCCCC(CCCCc1ccc(C(F)(F)F)cc1)C(CC)(OC)OC. The Labute approximate surface area is 181 Å². The predicted octanol–water partition coefficient (Wildman–Crippen LogP) is 8.18. The molecule has 0 bridgehead atoms. The summed E-state index contributed by atoms with van der Waals surface area (Å²) in [6, 6.07) is 5.54. The number of ether oxygens (including phenoxy) is 2. The number of unbranched alkanes of at least 4 members (excludes halogenated alkanes) is 6. The Bertz CT molecular complexity index is 542. The molecule has 0 amide bonds. The monoisotopic (exact) mass is 430 g/mol. The van der Waals surface area contributed by atoms with Gasteiger partial charge in [-0.1, -0.05) is 70.9 Å². The number of hydrogen-bond donors (Lipinski definition) is 0. The van der Waals surface area contributed by atoms with Gasteiger partial charge in [-0.25, -0.2) is 0 Å². The molecule has 0 fully saturated rings. The molecule has 0 aromatic heterocycles. The molecule has 2 nitrogen and oxygen atoms in total. The minimum atomic E-state index is -4.27. The van der Waals surface area contributed by atoms with Gasteiger partial charge < -0.3 is 9.47 Å². The van der Waals surface area contributed by atoms with Crippen LogP contribution < -0.4 is 0 Å². The predicted molar refractivity (Wildman–Crippen MR) is 118 cm³/mol. The molecule has 0 saturated heterocycles. The number of hydrogen-bond acceptors (Lipinski definition) is 2. The molecule has 30 heavy (non-hydrogen) atoms. The van der Waals surface area contributed by atoms with E-state index in [1.807, 2.05) is 0 Å². The van der Waals surface area contributed by atoms with Gasteiger partial charge in [0.15, 0.2) is 5.79 Å². The molecular weight excluding hydrogens is 389 g/mol.